The van der Waals surface area contributed by atoms with Crippen LogP contribution in [0.1, 0.15) is 43.0 Å². The second kappa shape index (κ2) is 5.01. The van der Waals surface area contributed by atoms with E-state index in [2.05, 4.69) is 35.0 Å². The summed E-state index contributed by atoms with van der Waals surface area (Å²) in [5.74, 6) is 2.38. The largest absolute Gasteiger partial charge is 0.419 e. The summed E-state index contributed by atoms with van der Waals surface area (Å²) in [6.45, 7) is 2.79. The van der Waals surface area contributed by atoms with Crippen LogP contribution in [0.2, 0.25) is 0 Å². The van der Waals surface area contributed by atoms with Gasteiger partial charge >= 0.3 is 5.76 Å². The maximum Gasteiger partial charge on any atom is 0.419 e. The third-order valence-electron chi connectivity index (χ3n) is 5.27. The Balaban J connectivity index is 1.66. The summed E-state index contributed by atoms with van der Waals surface area (Å²) >= 11 is 3.88. The molecule has 4 rings (SSSR count). The number of aryl methyl sites for hydroxylation is 1. The topological polar surface area (TPSA) is 35.1 Å². The maximum absolute atomic E-state index is 11.9. The first kappa shape index (κ1) is 13.6. The van der Waals surface area contributed by atoms with Crippen LogP contribution >= 0.6 is 15.9 Å². The molecule has 2 saturated carbocycles. The van der Waals surface area contributed by atoms with Gasteiger partial charge in [-0.25, -0.2) is 4.79 Å². The van der Waals surface area contributed by atoms with Crippen molar-refractivity contribution in [1.29, 1.82) is 0 Å². The van der Waals surface area contributed by atoms with Crippen LogP contribution < -0.4 is 5.76 Å². The zero-order valence-electron chi connectivity index (χ0n) is 12.2. The van der Waals surface area contributed by atoms with Crippen LogP contribution in [0.15, 0.2) is 27.4 Å². The average molecular weight is 350 g/mol. The Kier molecular flexibility index (Phi) is 3.25. The van der Waals surface area contributed by atoms with Gasteiger partial charge in [0.1, 0.15) is 0 Å². The van der Waals surface area contributed by atoms with E-state index >= 15 is 0 Å². The lowest BCUT2D eigenvalue weighted by molar-refractivity contribution is 0.502. The van der Waals surface area contributed by atoms with Gasteiger partial charge in [-0.1, -0.05) is 35.3 Å². The van der Waals surface area contributed by atoms with Crippen LogP contribution in [-0.2, 0) is 6.54 Å². The molecule has 2 aliphatic carbocycles. The number of halogens is 1. The number of benzene rings is 1. The van der Waals surface area contributed by atoms with Crippen LogP contribution in [0.5, 0.6) is 0 Å². The maximum atomic E-state index is 11.9. The van der Waals surface area contributed by atoms with Gasteiger partial charge in [-0.2, -0.15) is 0 Å². The number of rotatable bonds is 4. The first-order valence-corrected chi connectivity index (χ1v) is 8.89. The summed E-state index contributed by atoms with van der Waals surface area (Å²) in [6, 6.07) is 6.24. The Bertz CT molecular complexity index is 722. The quantitative estimate of drug-likeness (QED) is 0.762. The molecule has 2 fully saturated rings. The Morgan fingerprint density at radius 2 is 2.14 bits per heavy atom. The second-order valence-corrected chi connectivity index (χ2v) is 7.47. The smallest absolute Gasteiger partial charge is 0.408 e. The normalized spacial score (nSPS) is 28.8. The molecule has 0 radical (unpaired) electrons. The third-order valence-corrected chi connectivity index (χ3v) is 6.41. The minimum Gasteiger partial charge on any atom is -0.408 e. The van der Waals surface area contributed by atoms with Crippen molar-refractivity contribution in [2.24, 2.45) is 17.8 Å². The predicted octanol–water partition coefficient (Wildman–Crippen LogP) is 4.49. The predicted molar refractivity (Wildman–Crippen MR) is 86.8 cm³/mol. The summed E-state index contributed by atoms with van der Waals surface area (Å²) in [6.07, 6.45) is 5.12. The van der Waals surface area contributed by atoms with E-state index in [0.29, 0.717) is 4.83 Å². The van der Waals surface area contributed by atoms with E-state index in [-0.39, 0.29) is 5.76 Å². The van der Waals surface area contributed by atoms with E-state index in [1.165, 1.54) is 24.8 Å². The van der Waals surface area contributed by atoms with Crippen molar-refractivity contribution in [1.82, 2.24) is 4.57 Å². The van der Waals surface area contributed by atoms with E-state index in [0.717, 1.165) is 41.8 Å². The van der Waals surface area contributed by atoms with E-state index in [1.807, 2.05) is 6.07 Å². The third kappa shape index (κ3) is 2.10. The van der Waals surface area contributed by atoms with Crippen molar-refractivity contribution in [3.05, 3.63) is 34.3 Å². The van der Waals surface area contributed by atoms with Crippen LogP contribution in [0, 0.1) is 17.8 Å². The molecular weight excluding hydrogens is 330 g/mol. The first-order chi connectivity index (χ1) is 10.2. The molecule has 0 bridgehead atoms. The molecule has 0 amide bonds. The molecule has 21 heavy (non-hydrogen) atoms. The molecule has 1 aromatic carbocycles. The lowest BCUT2D eigenvalue weighted by Crippen LogP contribution is -2.13. The second-order valence-electron chi connectivity index (χ2n) is 6.48. The molecule has 1 heterocycles. The van der Waals surface area contributed by atoms with Gasteiger partial charge in [-0.05, 0) is 54.7 Å². The summed E-state index contributed by atoms with van der Waals surface area (Å²) in [7, 11) is 0. The average Bonchev–Trinajstić information content (AvgIpc) is 2.82. The van der Waals surface area contributed by atoms with Gasteiger partial charge < -0.3 is 4.42 Å². The highest BCUT2D eigenvalue weighted by molar-refractivity contribution is 9.09. The van der Waals surface area contributed by atoms with Crippen molar-refractivity contribution in [2.75, 3.05) is 0 Å². The molecule has 1 aromatic heterocycles. The summed E-state index contributed by atoms with van der Waals surface area (Å²) in [5.41, 5.74) is 2.89. The summed E-state index contributed by atoms with van der Waals surface area (Å²) in [4.78, 5) is 12.3. The van der Waals surface area contributed by atoms with E-state index in [1.54, 1.807) is 4.57 Å². The van der Waals surface area contributed by atoms with Crippen molar-refractivity contribution >= 4 is 27.0 Å². The minimum atomic E-state index is -0.238. The molecule has 112 valence electrons. The fourth-order valence-corrected chi connectivity index (χ4v) is 5.29. The number of hydrogen-bond acceptors (Lipinski definition) is 2. The van der Waals surface area contributed by atoms with E-state index < -0.39 is 0 Å². The molecule has 0 N–H and O–H groups in total. The zero-order valence-corrected chi connectivity index (χ0v) is 13.8. The fraction of sp³-hybridized carbons (Fsp3) is 0.588. The Hall–Kier alpha value is -1.03. The molecular formula is C17H20BrNO2. The van der Waals surface area contributed by atoms with Crippen LogP contribution in [-0.4, -0.2) is 4.57 Å². The SMILES string of the molecule is CCCn1c(=O)oc2cc(C(Br)C3C4CCCC43)ccc21. The van der Waals surface area contributed by atoms with Gasteiger partial charge in [-0.15, -0.1) is 0 Å². The Morgan fingerprint density at radius 1 is 1.38 bits per heavy atom. The van der Waals surface area contributed by atoms with Crippen LogP contribution in [0.3, 0.4) is 0 Å². The van der Waals surface area contributed by atoms with Crippen molar-refractivity contribution in [3.63, 3.8) is 0 Å². The lowest BCUT2D eigenvalue weighted by Gasteiger charge is -2.12. The number of alkyl halides is 1. The first-order valence-electron chi connectivity index (χ1n) is 7.98. The van der Waals surface area contributed by atoms with E-state index in [9.17, 15) is 4.79 Å². The number of nitrogens with zero attached hydrogens (tertiary/aromatic N) is 1. The van der Waals surface area contributed by atoms with Crippen molar-refractivity contribution in [2.45, 2.75) is 44.0 Å². The number of aromatic nitrogens is 1. The highest BCUT2D eigenvalue weighted by atomic mass is 79.9. The van der Waals surface area contributed by atoms with E-state index in [4.69, 9.17) is 4.42 Å². The lowest BCUT2D eigenvalue weighted by atomic mass is 10.0. The number of hydrogen-bond donors (Lipinski definition) is 0. The van der Waals surface area contributed by atoms with Crippen LogP contribution in [0.4, 0.5) is 0 Å². The molecule has 3 nitrogen and oxygen atoms in total. The molecule has 2 aliphatic rings. The van der Waals surface area contributed by atoms with Gasteiger partial charge in [0.05, 0.1) is 5.52 Å². The van der Waals surface area contributed by atoms with Gasteiger partial charge in [0.25, 0.3) is 0 Å². The molecule has 4 heteroatoms. The fourth-order valence-electron chi connectivity index (χ4n) is 4.22. The molecule has 2 aromatic rings. The Labute approximate surface area is 132 Å². The summed E-state index contributed by atoms with van der Waals surface area (Å²) < 4.78 is 7.15. The number of fused-ring (bicyclic) bond motifs is 2. The molecule has 3 atom stereocenters. The van der Waals surface area contributed by atoms with Gasteiger partial charge in [0.2, 0.25) is 0 Å². The highest BCUT2D eigenvalue weighted by Gasteiger charge is 2.55. The molecule has 0 aliphatic heterocycles. The van der Waals surface area contributed by atoms with Gasteiger partial charge in [0, 0.05) is 11.4 Å². The Morgan fingerprint density at radius 3 is 2.86 bits per heavy atom. The zero-order chi connectivity index (χ0) is 14.6. The highest BCUT2D eigenvalue weighted by Crippen LogP contribution is 2.64. The van der Waals surface area contributed by atoms with Crippen molar-refractivity contribution < 1.29 is 4.42 Å². The molecule has 0 saturated heterocycles. The molecule has 3 unspecified atom stereocenters. The van der Waals surface area contributed by atoms with Crippen LogP contribution in [0.25, 0.3) is 11.1 Å². The standard InChI is InChI=1S/C17H20BrNO2/c1-2-8-19-13-7-6-10(9-14(13)21-17(19)20)16(18)15-11-4-3-5-12(11)15/h6-7,9,11-12,15-16H,2-5,8H2,1H3. The summed E-state index contributed by atoms with van der Waals surface area (Å²) in [5, 5.41) is 0. The number of oxazole rings is 1. The van der Waals surface area contributed by atoms with Crippen molar-refractivity contribution in [3.8, 4) is 0 Å². The molecule has 0 spiro atoms. The van der Waals surface area contributed by atoms with Gasteiger partial charge in [-0.3, -0.25) is 4.57 Å². The minimum absolute atomic E-state index is 0.238. The van der Waals surface area contributed by atoms with Gasteiger partial charge in [0.15, 0.2) is 5.58 Å². The monoisotopic (exact) mass is 349 g/mol.